The van der Waals surface area contributed by atoms with Crippen molar-refractivity contribution in [3.8, 4) is 5.75 Å². The predicted molar refractivity (Wildman–Crippen MR) is 132 cm³/mol. The van der Waals surface area contributed by atoms with Crippen LogP contribution < -0.4 is 15.4 Å². The zero-order valence-corrected chi connectivity index (χ0v) is 21.0. The normalized spacial score (nSPS) is 11.2. The number of rotatable bonds is 9. The Kier molecular flexibility index (Phi) is 11.1. The molecular formula is C22H36IN5O. The van der Waals surface area contributed by atoms with Crippen molar-refractivity contribution in [2.45, 2.75) is 53.5 Å². The van der Waals surface area contributed by atoms with E-state index in [4.69, 9.17) is 9.73 Å². The molecule has 0 fully saturated rings. The molecule has 6 nitrogen and oxygen atoms in total. The first-order chi connectivity index (χ1) is 13.5. The number of methoxy groups -OCH3 is 1. The second kappa shape index (κ2) is 12.7. The third-order valence-corrected chi connectivity index (χ3v) is 4.89. The van der Waals surface area contributed by atoms with Crippen molar-refractivity contribution in [2.75, 3.05) is 20.2 Å². The number of nitrogens with one attached hydrogen (secondary N) is 2. The van der Waals surface area contributed by atoms with Gasteiger partial charge in [-0.15, -0.1) is 24.0 Å². The van der Waals surface area contributed by atoms with Crippen molar-refractivity contribution in [1.29, 1.82) is 0 Å². The zero-order chi connectivity index (χ0) is 20.5. The lowest BCUT2D eigenvalue weighted by atomic mass is 10.1. The summed E-state index contributed by atoms with van der Waals surface area (Å²) in [5, 5.41) is 11.4. The minimum absolute atomic E-state index is 0. The van der Waals surface area contributed by atoms with Crippen LogP contribution in [-0.2, 0) is 32.9 Å². The van der Waals surface area contributed by atoms with Gasteiger partial charge >= 0.3 is 0 Å². The summed E-state index contributed by atoms with van der Waals surface area (Å²) in [4.78, 5) is 4.82. The highest BCUT2D eigenvalue weighted by molar-refractivity contribution is 14.0. The average molecular weight is 513 g/mol. The van der Waals surface area contributed by atoms with Crippen LogP contribution in [0.5, 0.6) is 5.75 Å². The SMILES string of the molecule is CCNC(=NCc1c(CC)nn(C)c1CC)NCCc1cc(C)ccc1OC.I. The molecule has 2 N–H and O–H groups in total. The smallest absolute Gasteiger partial charge is 0.191 e. The van der Waals surface area contributed by atoms with Gasteiger partial charge in [-0.1, -0.05) is 31.5 Å². The van der Waals surface area contributed by atoms with Gasteiger partial charge in [-0.3, -0.25) is 4.68 Å². The standard InChI is InChI=1S/C22H35N5O.HI/c1-7-19-18(20(8-2)27(5)26-19)15-25-22(23-9-3)24-13-12-17-14-16(4)10-11-21(17)28-6;/h10-11,14H,7-9,12-13,15H2,1-6H3,(H2,23,24,25);1H. The second-order valence-corrected chi connectivity index (χ2v) is 6.89. The molecule has 0 spiro atoms. The van der Waals surface area contributed by atoms with Gasteiger partial charge in [0.15, 0.2) is 5.96 Å². The van der Waals surface area contributed by atoms with Crippen molar-refractivity contribution >= 4 is 29.9 Å². The first kappa shape index (κ1) is 25.3. The maximum Gasteiger partial charge on any atom is 0.191 e. The predicted octanol–water partition coefficient (Wildman–Crippen LogP) is 3.78. The summed E-state index contributed by atoms with van der Waals surface area (Å²) in [6, 6.07) is 6.29. The van der Waals surface area contributed by atoms with Gasteiger partial charge in [0.2, 0.25) is 0 Å². The number of hydrogen-bond donors (Lipinski definition) is 2. The summed E-state index contributed by atoms with van der Waals surface area (Å²) in [5.74, 6) is 1.77. The van der Waals surface area contributed by atoms with E-state index >= 15 is 0 Å². The Morgan fingerprint density at radius 3 is 2.55 bits per heavy atom. The van der Waals surface area contributed by atoms with Gasteiger partial charge in [0.1, 0.15) is 5.75 Å². The van der Waals surface area contributed by atoms with Gasteiger partial charge in [-0.25, -0.2) is 4.99 Å². The van der Waals surface area contributed by atoms with E-state index in [0.717, 1.165) is 49.8 Å². The Bertz CT molecular complexity index is 801. The van der Waals surface area contributed by atoms with Crippen LogP contribution in [-0.4, -0.2) is 35.9 Å². The Morgan fingerprint density at radius 1 is 1.17 bits per heavy atom. The molecule has 1 aromatic heterocycles. The van der Waals surface area contributed by atoms with Gasteiger partial charge < -0.3 is 15.4 Å². The molecule has 2 aromatic rings. The first-order valence-corrected chi connectivity index (χ1v) is 10.2. The highest BCUT2D eigenvalue weighted by Crippen LogP contribution is 2.20. The fourth-order valence-electron chi connectivity index (χ4n) is 3.49. The van der Waals surface area contributed by atoms with Gasteiger partial charge in [0.25, 0.3) is 0 Å². The second-order valence-electron chi connectivity index (χ2n) is 6.89. The van der Waals surface area contributed by atoms with Crippen molar-refractivity contribution in [1.82, 2.24) is 20.4 Å². The molecule has 162 valence electrons. The van der Waals surface area contributed by atoms with Gasteiger partial charge in [0, 0.05) is 31.4 Å². The molecule has 0 aliphatic heterocycles. The number of aromatic nitrogens is 2. The summed E-state index contributed by atoms with van der Waals surface area (Å²) >= 11 is 0. The minimum Gasteiger partial charge on any atom is -0.496 e. The number of halogens is 1. The van der Waals surface area contributed by atoms with E-state index in [1.54, 1.807) is 7.11 Å². The van der Waals surface area contributed by atoms with Crippen molar-refractivity contribution in [3.63, 3.8) is 0 Å². The van der Waals surface area contributed by atoms with E-state index in [-0.39, 0.29) is 24.0 Å². The third kappa shape index (κ3) is 6.90. The summed E-state index contributed by atoms with van der Waals surface area (Å²) in [7, 11) is 3.74. The van der Waals surface area contributed by atoms with Gasteiger partial charge in [-0.2, -0.15) is 5.10 Å². The monoisotopic (exact) mass is 513 g/mol. The Labute approximate surface area is 192 Å². The summed E-state index contributed by atoms with van der Waals surface area (Å²) in [5.41, 5.74) is 6.11. The van der Waals surface area contributed by atoms with Crippen LogP contribution >= 0.6 is 24.0 Å². The Hall–Kier alpha value is -1.77. The molecule has 0 radical (unpaired) electrons. The van der Waals surface area contributed by atoms with E-state index in [9.17, 15) is 0 Å². The molecule has 0 saturated heterocycles. The van der Waals surface area contributed by atoms with Gasteiger partial charge in [-0.05, 0) is 44.7 Å². The van der Waals surface area contributed by atoms with Gasteiger partial charge in [0.05, 0.1) is 19.3 Å². The lowest BCUT2D eigenvalue weighted by molar-refractivity contribution is 0.409. The van der Waals surface area contributed by atoms with Crippen LogP contribution in [0.2, 0.25) is 0 Å². The molecule has 0 atom stereocenters. The molecule has 0 bridgehead atoms. The van der Waals surface area contributed by atoms with Crippen molar-refractivity contribution < 1.29 is 4.74 Å². The number of nitrogens with zero attached hydrogens (tertiary/aromatic N) is 3. The van der Waals surface area contributed by atoms with Crippen molar-refractivity contribution in [2.24, 2.45) is 12.0 Å². The molecule has 0 aliphatic carbocycles. The third-order valence-electron chi connectivity index (χ3n) is 4.89. The summed E-state index contributed by atoms with van der Waals surface area (Å²) in [6.07, 6.45) is 2.77. The molecule has 1 heterocycles. The van der Waals surface area contributed by atoms with E-state index in [2.05, 4.69) is 55.6 Å². The van der Waals surface area contributed by atoms with E-state index < -0.39 is 0 Å². The number of hydrogen-bond acceptors (Lipinski definition) is 3. The van der Waals surface area contributed by atoms with E-state index in [0.29, 0.717) is 6.54 Å². The number of benzene rings is 1. The number of aryl methyl sites for hydroxylation is 3. The maximum atomic E-state index is 5.48. The zero-order valence-electron chi connectivity index (χ0n) is 18.6. The minimum atomic E-state index is 0. The molecule has 2 rings (SSSR count). The van der Waals surface area contributed by atoms with Crippen LogP contribution in [0.1, 0.15) is 48.8 Å². The lowest BCUT2D eigenvalue weighted by Crippen LogP contribution is -2.38. The molecule has 0 amide bonds. The molecule has 1 aromatic carbocycles. The summed E-state index contributed by atoms with van der Waals surface area (Å²) in [6.45, 7) is 10.8. The topological polar surface area (TPSA) is 63.5 Å². The molecule has 29 heavy (non-hydrogen) atoms. The maximum absolute atomic E-state index is 5.48. The van der Waals surface area contributed by atoms with Crippen LogP contribution in [0.15, 0.2) is 23.2 Å². The Morgan fingerprint density at radius 2 is 1.93 bits per heavy atom. The molecular weight excluding hydrogens is 477 g/mol. The molecule has 0 unspecified atom stereocenters. The largest absolute Gasteiger partial charge is 0.496 e. The highest BCUT2D eigenvalue weighted by Gasteiger charge is 2.13. The fourth-order valence-corrected chi connectivity index (χ4v) is 3.49. The van der Waals surface area contributed by atoms with E-state index in [1.165, 1.54) is 22.4 Å². The van der Waals surface area contributed by atoms with Crippen LogP contribution in [0.3, 0.4) is 0 Å². The number of ether oxygens (including phenoxy) is 1. The molecule has 0 saturated carbocycles. The summed E-state index contributed by atoms with van der Waals surface area (Å²) < 4.78 is 7.48. The number of guanidine groups is 1. The quantitative estimate of drug-likeness (QED) is 0.305. The van der Waals surface area contributed by atoms with E-state index in [1.807, 2.05) is 17.8 Å². The molecule has 0 aliphatic rings. The van der Waals surface area contributed by atoms with Crippen LogP contribution in [0, 0.1) is 6.92 Å². The molecule has 7 heteroatoms. The van der Waals surface area contributed by atoms with Crippen molar-refractivity contribution in [3.05, 3.63) is 46.3 Å². The first-order valence-electron chi connectivity index (χ1n) is 10.2. The average Bonchev–Trinajstić information content (AvgIpc) is 3.00. The highest BCUT2D eigenvalue weighted by atomic mass is 127. The van der Waals surface area contributed by atoms with Crippen LogP contribution in [0.25, 0.3) is 0 Å². The Balaban J connectivity index is 0.00000420. The lowest BCUT2D eigenvalue weighted by Gasteiger charge is -2.13. The van der Waals surface area contributed by atoms with Crippen LogP contribution in [0.4, 0.5) is 0 Å². The number of aliphatic imine (C=N–C) groups is 1. The fraction of sp³-hybridized carbons (Fsp3) is 0.545.